The summed E-state index contributed by atoms with van der Waals surface area (Å²) in [6.45, 7) is 8.15. The highest BCUT2D eigenvalue weighted by Gasteiger charge is 2.56. The van der Waals surface area contributed by atoms with Crippen molar-refractivity contribution in [3.63, 3.8) is 0 Å². The van der Waals surface area contributed by atoms with E-state index < -0.39 is 35.6 Å². The quantitative estimate of drug-likeness (QED) is 0.443. The number of carbonyl (C=O) groups excluding carboxylic acids is 3. The van der Waals surface area contributed by atoms with Crippen molar-refractivity contribution in [3.8, 4) is 11.8 Å². The molecule has 3 aliphatic carbocycles. The van der Waals surface area contributed by atoms with Crippen molar-refractivity contribution in [1.82, 2.24) is 15.4 Å². The van der Waals surface area contributed by atoms with Crippen LogP contribution in [0.2, 0.25) is 0 Å². The summed E-state index contributed by atoms with van der Waals surface area (Å²) in [5, 5.41) is 24.3. The Morgan fingerprint density at radius 1 is 1.11 bits per heavy atom. The van der Waals surface area contributed by atoms with E-state index in [0.717, 1.165) is 50.7 Å². The Balaban J connectivity index is 1.35. The molecule has 4 atom stereocenters. The van der Waals surface area contributed by atoms with E-state index in [4.69, 9.17) is 4.84 Å². The molecule has 9 heteroatoms. The molecule has 1 saturated carbocycles. The molecule has 0 bridgehead atoms. The van der Waals surface area contributed by atoms with Gasteiger partial charge in [0.15, 0.2) is 0 Å². The maximum Gasteiger partial charge on any atom is 0.352 e. The van der Waals surface area contributed by atoms with Crippen LogP contribution in [0.15, 0.2) is 35.4 Å². The lowest BCUT2D eigenvalue weighted by molar-refractivity contribution is -0.146. The van der Waals surface area contributed by atoms with Gasteiger partial charge in [0.05, 0.1) is 12.0 Å². The molecular formula is C28H39N3O6. The number of rotatable bonds is 7. The van der Waals surface area contributed by atoms with E-state index >= 15 is 0 Å². The van der Waals surface area contributed by atoms with Crippen LogP contribution in [-0.4, -0.2) is 45.8 Å². The number of aromatic hydroxyl groups is 2. The van der Waals surface area contributed by atoms with Crippen molar-refractivity contribution >= 4 is 17.8 Å². The summed E-state index contributed by atoms with van der Waals surface area (Å²) in [4.78, 5) is 42.6. The number of allylic oxidation sites excluding steroid dienone is 4. The third-order valence-corrected chi connectivity index (χ3v) is 8.93. The number of fused-ring (bicyclic) bond motifs is 3. The largest absolute Gasteiger partial charge is 0.492 e. The number of nitrogens with one attached hydrogen (secondary N) is 2. The second-order valence-electron chi connectivity index (χ2n) is 11.5. The first-order valence-corrected chi connectivity index (χ1v) is 13.2. The normalized spacial score (nSPS) is 28.9. The fourth-order valence-corrected chi connectivity index (χ4v) is 6.84. The molecule has 0 spiro atoms. The molecule has 1 aromatic heterocycles. The molecule has 37 heavy (non-hydrogen) atoms. The van der Waals surface area contributed by atoms with Gasteiger partial charge in [-0.2, -0.15) is 0 Å². The van der Waals surface area contributed by atoms with Gasteiger partial charge in [-0.3, -0.25) is 9.59 Å². The third kappa shape index (κ3) is 5.13. The van der Waals surface area contributed by atoms with Crippen LogP contribution in [0.1, 0.15) is 66.2 Å². The van der Waals surface area contributed by atoms with Gasteiger partial charge >= 0.3 is 5.97 Å². The number of carbonyl (C=O) groups is 3. The van der Waals surface area contributed by atoms with E-state index in [2.05, 4.69) is 43.6 Å². The van der Waals surface area contributed by atoms with Crippen LogP contribution in [0, 0.1) is 28.6 Å². The lowest BCUT2D eigenvalue weighted by Crippen LogP contribution is -2.56. The molecule has 2 unspecified atom stereocenters. The maximum absolute atomic E-state index is 13.5. The zero-order valence-electron chi connectivity index (χ0n) is 22.2. The number of amides is 2. The van der Waals surface area contributed by atoms with Gasteiger partial charge in [-0.05, 0) is 60.8 Å². The molecule has 2 amide bonds. The zero-order valence-corrected chi connectivity index (χ0v) is 22.2. The van der Waals surface area contributed by atoms with Gasteiger partial charge in [-0.25, -0.2) is 4.79 Å². The first-order valence-electron chi connectivity index (χ1n) is 13.2. The summed E-state index contributed by atoms with van der Waals surface area (Å²) in [5.41, 5.74) is 2.40. The first kappa shape index (κ1) is 26.8. The lowest BCUT2D eigenvalue weighted by atomic mass is 9.46. The summed E-state index contributed by atoms with van der Waals surface area (Å²) in [5.74, 6) is -1.25. The highest BCUT2D eigenvalue weighted by Crippen LogP contribution is 2.62. The maximum atomic E-state index is 13.5. The van der Waals surface area contributed by atoms with E-state index in [1.165, 1.54) is 11.1 Å². The molecule has 1 aromatic rings. The van der Waals surface area contributed by atoms with Crippen molar-refractivity contribution in [1.29, 1.82) is 0 Å². The van der Waals surface area contributed by atoms with Crippen molar-refractivity contribution in [3.05, 3.63) is 35.4 Å². The minimum Gasteiger partial charge on any atom is -0.492 e. The van der Waals surface area contributed by atoms with E-state index in [-0.39, 0.29) is 23.8 Å². The predicted molar refractivity (Wildman–Crippen MR) is 137 cm³/mol. The molecule has 3 aliphatic rings. The molecule has 0 aromatic carbocycles. The topological polar surface area (TPSA) is 130 Å². The van der Waals surface area contributed by atoms with Crippen LogP contribution >= 0.6 is 0 Å². The van der Waals surface area contributed by atoms with Crippen LogP contribution in [0.25, 0.3) is 0 Å². The Bertz CT molecular complexity index is 1120. The van der Waals surface area contributed by atoms with Crippen molar-refractivity contribution in [2.75, 3.05) is 13.1 Å². The monoisotopic (exact) mass is 513 g/mol. The highest BCUT2D eigenvalue weighted by molar-refractivity contribution is 5.89. The Kier molecular flexibility index (Phi) is 7.44. The van der Waals surface area contributed by atoms with Gasteiger partial charge in [0, 0.05) is 12.1 Å². The molecule has 1 heterocycles. The van der Waals surface area contributed by atoms with Gasteiger partial charge in [0.2, 0.25) is 23.6 Å². The van der Waals surface area contributed by atoms with Crippen LogP contribution < -0.4 is 15.5 Å². The molecule has 4 rings (SSSR count). The Morgan fingerprint density at radius 2 is 1.81 bits per heavy atom. The van der Waals surface area contributed by atoms with E-state index in [1.807, 2.05) is 6.92 Å². The van der Waals surface area contributed by atoms with Crippen LogP contribution in [0.5, 0.6) is 11.8 Å². The lowest BCUT2D eigenvalue weighted by Gasteiger charge is -2.57. The van der Waals surface area contributed by atoms with Crippen LogP contribution in [0.3, 0.4) is 0 Å². The fourth-order valence-electron chi connectivity index (χ4n) is 6.84. The van der Waals surface area contributed by atoms with Gasteiger partial charge in [-0.1, -0.05) is 51.8 Å². The SMILES string of the molecule is CC(C)C1=CC2=CCC3[C@](C)(CCC[C@@]3(C)C(=O)NCC(=O)NCC(=O)On3c(O)ccc3O)C2CC1. The minimum atomic E-state index is -0.886. The average Bonchev–Trinajstić information content (AvgIpc) is 3.17. The van der Waals surface area contributed by atoms with Gasteiger partial charge in [0.25, 0.3) is 0 Å². The highest BCUT2D eigenvalue weighted by atomic mass is 16.7. The number of aromatic nitrogens is 1. The summed E-state index contributed by atoms with van der Waals surface area (Å²) in [7, 11) is 0. The number of hydrogen-bond donors (Lipinski definition) is 4. The Labute approximate surface area is 217 Å². The molecule has 1 fully saturated rings. The minimum absolute atomic E-state index is 0.0367. The Morgan fingerprint density at radius 3 is 2.49 bits per heavy atom. The number of hydrogen-bond acceptors (Lipinski definition) is 6. The van der Waals surface area contributed by atoms with Crippen molar-refractivity contribution < 1.29 is 29.4 Å². The van der Waals surface area contributed by atoms with Crippen molar-refractivity contribution in [2.45, 2.75) is 66.2 Å². The van der Waals surface area contributed by atoms with Gasteiger partial charge in [-0.15, -0.1) is 4.73 Å². The van der Waals surface area contributed by atoms with E-state index in [0.29, 0.717) is 16.6 Å². The molecule has 0 saturated heterocycles. The molecule has 0 aliphatic heterocycles. The summed E-state index contributed by atoms with van der Waals surface area (Å²) < 4.78 is 0.549. The molecule has 9 nitrogen and oxygen atoms in total. The molecular weight excluding hydrogens is 474 g/mol. The molecule has 0 radical (unpaired) electrons. The average molecular weight is 514 g/mol. The van der Waals surface area contributed by atoms with E-state index in [1.54, 1.807) is 0 Å². The van der Waals surface area contributed by atoms with Crippen molar-refractivity contribution in [2.24, 2.45) is 28.6 Å². The van der Waals surface area contributed by atoms with Gasteiger partial charge < -0.3 is 25.7 Å². The van der Waals surface area contributed by atoms with E-state index in [9.17, 15) is 24.6 Å². The predicted octanol–water partition coefficient (Wildman–Crippen LogP) is 3.22. The van der Waals surface area contributed by atoms with Gasteiger partial charge in [0.1, 0.15) is 6.54 Å². The summed E-state index contributed by atoms with van der Waals surface area (Å²) in [6, 6.07) is 2.31. The standard InChI is InChI=1S/C28H39N3O6/c1-17(2)18-6-8-20-19(14-18)7-9-21-27(20,3)12-5-13-28(21,4)26(36)30-15-22(32)29-16-25(35)37-31-23(33)10-11-24(31)34/h7,10-11,14,17,20-21,33-34H,5-6,8-9,12-13,15-16H2,1-4H3,(H,29,32)(H,30,36)/t20?,21?,27-,28-/m1/s1. The first-order chi connectivity index (χ1) is 17.5. The van der Waals surface area contributed by atoms with Crippen LogP contribution in [0.4, 0.5) is 0 Å². The Hall–Kier alpha value is -3.23. The smallest absolute Gasteiger partial charge is 0.352 e. The number of nitrogens with zero attached hydrogens (tertiary/aromatic N) is 1. The third-order valence-electron chi connectivity index (χ3n) is 8.93. The fraction of sp³-hybridized carbons (Fsp3) is 0.607. The second-order valence-corrected chi connectivity index (χ2v) is 11.5. The molecule has 202 valence electrons. The summed E-state index contributed by atoms with van der Waals surface area (Å²) >= 11 is 0. The van der Waals surface area contributed by atoms with Crippen LogP contribution in [-0.2, 0) is 14.4 Å². The molecule has 4 N–H and O–H groups in total. The summed E-state index contributed by atoms with van der Waals surface area (Å²) in [6.07, 6.45) is 10.7. The second kappa shape index (κ2) is 10.3. The zero-order chi connectivity index (χ0) is 27.0.